The summed E-state index contributed by atoms with van der Waals surface area (Å²) in [5.74, 6) is -0.00143. The molecule has 0 atom stereocenters. The Balaban J connectivity index is 2.06. The molecule has 0 spiro atoms. The van der Waals surface area contributed by atoms with E-state index in [2.05, 4.69) is 30.9 Å². The Kier molecular flexibility index (Phi) is 4.30. The minimum absolute atomic E-state index is 0.244. The molecule has 2 rings (SSSR count). The zero-order valence-electron chi connectivity index (χ0n) is 8.84. The Morgan fingerprint density at radius 3 is 3.18 bits per heavy atom. The lowest BCUT2D eigenvalue weighted by atomic mass is 10.7. The standard InChI is InChI=1S/C9H8BrN3O2S2/c1-2-15-6(14)4-16-5-3-11-7-8(12-5)17-9(10)13-7/h3H,2,4H2,1H3. The molecule has 0 aromatic carbocycles. The topological polar surface area (TPSA) is 65.0 Å². The molecule has 5 nitrogen and oxygen atoms in total. The van der Waals surface area contributed by atoms with E-state index in [1.165, 1.54) is 23.1 Å². The lowest BCUT2D eigenvalue weighted by molar-refractivity contribution is -0.139. The maximum Gasteiger partial charge on any atom is 0.316 e. The number of rotatable bonds is 4. The van der Waals surface area contributed by atoms with Gasteiger partial charge >= 0.3 is 5.97 Å². The van der Waals surface area contributed by atoms with Crippen molar-refractivity contribution in [2.24, 2.45) is 0 Å². The molecule has 2 aromatic rings. The van der Waals surface area contributed by atoms with Crippen LogP contribution in [-0.2, 0) is 9.53 Å². The Hall–Kier alpha value is -0.730. The van der Waals surface area contributed by atoms with Crippen LogP contribution in [0.2, 0.25) is 0 Å². The van der Waals surface area contributed by atoms with Crippen LogP contribution in [0, 0.1) is 0 Å². The fourth-order valence-electron chi connectivity index (χ4n) is 1.09. The monoisotopic (exact) mass is 333 g/mol. The second-order valence-electron chi connectivity index (χ2n) is 2.90. The molecular weight excluding hydrogens is 326 g/mol. The molecule has 90 valence electrons. The molecule has 0 saturated heterocycles. The van der Waals surface area contributed by atoms with E-state index in [0.717, 1.165) is 8.75 Å². The van der Waals surface area contributed by atoms with Crippen LogP contribution in [0.1, 0.15) is 6.92 Å². The highest BCUT2D eigenvalue weighted by Crippen LogP contribution is 2.25. The first-order valence-electron chi connectivity index (χ1n) is 4.76. The fourth-order valence-corrected chi connectivity index (χ4v) is 3.03. The first kappa shape index (κ1) is 12.7. The van der Waals surface area contributed by atoms with Crippen molar-refractivity contribution in [1.82, 2.24) is 15.0 Å². The van der Waals surface area contributed by atoms with Gasteiger partial charge in [-0.05, 0) is 22.9 Å². The van der Waals surface area contributed by atoms with Crippen molar-refractivity contribution in [3.8, 4) is 0 Å². The van der Waals surface area contributed by atoms with Crippen LogP contribution >= 0.6 is 39.0 Å². The minimum atomic E-state index is -0.245. The number of thiazole rings is 1. The van der Waals surface area contributed by atoms with E-state index in [4.69, 9.17) is 4.74 Å². The van der Waals surface area contributed by atoms with Crippen LogP contribution in [0.5, 0.6) is 0 Å². The maximum absolute atomic E-state index is 11.2. The number of aromatic nitrogens is 3. The van der Waals surface area contributed by atoms with Crippen molar-refractivity contribution in [1.29, 1.82) is 0 Å². The highest BCUT2D eigenvalue weighted by atomic mass is 79.9. The molecule has 0 aliphatic heterocycles. The summed E-state index contributed by atoms with van der Waals surface area (Å²) in [6.07, 6.45) is 1.61. The summed E-state index contributed by atoms with van der Waals surface area (Å²) in [6, 6.07) is 0. The first-order valence-corrected chi connectivity index (χ1v) is 7.36. The Morgan fingerprint density at radius 1 is 1.59 bits per heavy atom. The Labute approximate surface area is 114 Å². The lowest BCUT2D eigenvalue weighted by Crippen LogP contribution is -2.06. The molecule has 0 N–H and O–H groups in total. The van der Waals surface area contributed by atoms with Gasteiger partial charge in [0.15, 0.2) is 14.4 Å². The van der Waals surface area contributed by atoms with Gasteiger partial charge in [0.25, 0.3) is 0 Å². The van der Waals surface area contributed by atoms with Crippen LogP contribution in [0.4, 0.5) is 0 Å². The number of fused-ring (bicyclic) bond motifs is 1. The van der Waals surface area contributed by atoms with Gasteiger partial charge in [-0.3, -0.25) is 4.79 Å². The summed E-state index contributed by atoms with van der Waals surface area (Å²) >= 11 is 6.00. The second-order valence-corrected chi connectivity index (χ2v) is 6.15. The fraction of sp³-hybridized carbons (Fsp3) is 0.333. The zero-order chi connectivity index (χ0) is 12.3. The van der Waals surface area contributed by atoms with Crippen molar-refractivity contribution in [2.45, 2.75) is 11.9 Å². The summed E-state index contributed by atoms with van der Waals surface area (Å²) in [7, 11) is 0. The molecule has 2 heterocycles. The third-order valence-electron chi connectivity index (χ3n) is 1.72. The van der Waals surface area contributed by atoms with Gasteiger partial charge in [-0.25, -0.2) is 15.0 Å². The average molecular weight is 334 g/mol. The molecule has 8 heteroatoms. The van der Waals surface area contributed by atoms with E-state index < -0.39 is 0 Å². The molecule has 0 aliphatic carbocycles. The lowest BCUT2D eigenvalue weighted by Gasteiger charge is -2.00. The number of nitrogens with zero attached hydrogens (tertiary/aromatic N) is 3. The highest BCUT2D eigenvalue weighted by Gasteiger charge is 2.08. The molecular formula is C9H8BrN3O2S2. The molecule has 17 heavy (non-hydrogen) atoms. The predicted octanol–water partition coefficient (Wildman–Crippen LogP) is 2.50. The quantitative estimate of drug-likeness (QED) is 0.632. The van der Waals surface area contributed by atoms with Gasteiger partial charge in [0.2, 0.25) is 0 Å². The third-order valence-corrected chi connectivity index (χ3v) is 3.98. The van der Waals surface area contributed by atoms with Crippen LogP contribution in [0.15, 0.2) is 15.1 Å². The number of hydrogen-bond acceptors (Lipinski definition) is 7. The molecule has 0 unspecified atom stereocenters. The van der Waals surface area contributed by atoms with E-state index >= 15 is 0 Å². The van der Waals surface area contributed by atoms with E-state index in [0.29, 0.717) is 17.3 Å². The Morgan fingerprint density at radius 2 is 2.41 bits per heavy atom. The number of esters is 1. The van der Waals surface area contributed by atoms with Gasteiger partial charge in [-0.2, -0.15) is 0 Å². The molecule has 0 amide bonds. The number of carbonyl (C=O) groups is 1. The van der Waals surface area contributed by atoms with Crippen molar-refractivity contribution in [2.75, 3.05) is 12.4 Å². The number of halogens is 1. The average Bonchev–Trinajstić information content (AvgIpc) is 2.66. The maximum atomic E-state index is 11.2. The van der Waals surface area contributed by atoms with E-state index in [9.17, 15) is 4.79 Å². The van der Waals surface area contributed by atoms with Crippen LogP contribution in [0.3, 0.4) is 0 Å². The largest absolute Gasteiger partial charge is 0.465 e. The smallest absolute Gasteiger partial charge is 0.316 e. The van der Waals surface area contributed by atoms with E-state index in [1.807, 2.05) is 0 Å². The normalized spacial score (nSPS) is 10.7. The van der Waals surface area contributed by atoms with Crippen LogP contribution in [-0.4, -0.2) is 33.3 Å². The molecule has 0 fully saturated rings. The van der Waals surface area contributed by atoms with Gasteiger partial charge in [0.1, 0.15) is 5.03 Å². The molecule has 0 radical (unpaired) electrons. The van der Waals surface area contributed by atoms with Crippen molar-refractivity contribution in [3.05, 3.63) is 10.1 Å². The minimum Gasteiger partial charge on any atom is -0.465 e. The van der Waals surface area contributed by atoms with Crippen molar-refractivity contribution in [3.63, 3.8) is 0 Å². The van der Waals surface area contributed by atoms with Crippen molar-refractivity contribution >= 4 is 55.5 Å². The van der Waals surface area contributed by atoms with Gasteiger partial charge < -0.3 is 4.74 Å². The first-order chi connectivity index (χ1) is 8.19. The van der Waals surface area contributed by atoms with Gasteiger partial charge in [-0.1, -0.05) is 23.1 Å². The van der Waals surface area contributed by atoms with Crippen LogP contribution in [0.25, 0.3) is 10.5 Å². The van der Waals surface area contributed by atoms with E-state index in [-0.39, 0.29) is 11.7 Å². The molecule has 0 saturated carbocycles. The number of ether oxygens (including phenoxy) is 1. The third kappa shape index (κ3) is 3.36. The number of carbonyl (C=O) groups excluding carboxylic acids is 1. The highest BCUT2D eigenvalue weighted by molar-refractivity contribution is 9.11. The predicted molar refractivity (Wildman–Crippen MR) is 70.3 cm³/mol. The SMILES string of the molecule is CCOC(=O)CSc1cnc2nc(Br)sc2n1. The van der Waals surface area contributed by atoms with Gasteiger partial charge in [0.05, 0.1) is 18.6 Å². The van der Waals surface area contributed by atoms with Crippen LogP contribution < -0.4 is 0 Å². The molecule has 0 aliphatic rings. The molecule has 2 aromatic heterocycles. The van der Waals surface area contributed by atoms with Gasteiger partial charge in [-0.15, -0.1) is 0 Å². The number of thioether (sulfide) groups is 1. The zero-order valence-corrected chi connectivity index (χ0v) is 12.1. The van der Waals surface area contributed by atoms with Crippen molar-refractivity contribution < 1.29 is 9.53 Å². The van der Waals surface area contributed by atoms with Gasteiger partial charge in [0, 0.05) is 0 Å². The summed E-state index contributed by atoms with van der Waals surface area (Å²) in [4.78, 5) is 24.6. The second kappa shape index (κ2) is 5.74. The summed E-state index contributed by atoms with van der Waals surface area (Å²) < 4.78 is 5.58. The number of hydrogen-bond donors (Lipinski definition) is 0. The Bertz CT molecular complexity index is 546. The molecule has 0 bridgehead atoms. The summed E-state index contributed by atoms with van der Waals surface area (Å²) in [5, 5.41) is 0.696. The van der Waals surface area contributed by atoms with E-state index in [1.54, 1.807) is 13.1 Å². The summed E-state index contributed by atoms with van der Waals surface area (Å²) in [5.41, 5.74) is 0.613. The summed E-state index contributed by atoms with van der Waals surface area (Å²) in [6.45, 7) is 2.18.